The van der Waals surface area contributed by atoms with Crippen LogP contribution in [0, 0.1) is 0 Å². The molecule has 0 bridgehead atoms. The van der Waals surface area contributed by atoms with E-state index in [4.69, 9.17) is 10.5 Å². The van der Waals surface area contributed by atoms with Crippen LogP contribution in [0.5, 0.6) is 0 Å². The van der Waals surface area contributed by atoms with Gasteiger partial charge in [-0.2, -0.15) is 0 Å². The Hall–Kier alpha value is -1.20. The minimum atomic E-state index is 0.00981. The van der Waals surface area contributed by atoms with Crippen molar-refractivity contribution in [3.05, 3.63) is 18.2 Å². The van der Waals surface area contributed by atoms with Crippen LogP contribution in [-0.4, -0.2) is 31.4 Å². The predicted molar refractivity (Wildman–Crippen MR) is 75.0 cm³/mol. The standard InChI is InChI=1S/C13H18N2O2S/c1-2-6-17-9-13(16)15-5-7-18-12-4-3-10(14)8-11(12)15/h3-4,8H,2,5-7,9,14H2,1H3. The number of ether oxygens (including phenoxy) is 1. The molecule has 0 radical (unpaired) electrons. The molecule has 0 aromatic heterocycles. The summed E-state index contributed by atoms with van der Waals surface area (Å²) in [5.74, 6) is 0.923. The lowest BCUT2D eigenvalue weighted by Crippen LogP contribution is -2.38. The number of hydrogen-bond acceptors (Lipinski definition) is 4. The molecule has 98 valence electrons. The number of anilines is 2. The molecule has 5 heteroatoms. The second-order valence-corrected chi connectivity index (χ2v) is 5.31. The van der Waals surface area contributed by atoms with Crippen LogP contribution in [0.3, 0.4) is 0 Å². The first kappa shape index (κ1) is 13.2. The van der Waals surface area contributed by atoms with Gasteiger partial charge in [0.1, 0.15) is 6.61 Å². The zero-order valence-corrected chi connectivity index (χ0v) is 11.3. The highest BCUT2D eigenvalue weighted by Gasteiger charge is 2.22. The van der Waals surface area contributed by atoms with E-state index in [2.05, 4.69) is 0 Å². The Bertz CT molecular complexity index is 437. The molecule has 1 aliphatic heterocycles. The fourth-order valence-electron chi connectivity index (χ4n) is 1.88. The number of nitrogen functional groups attached to an aromatic ring is 1. The summed E-state index contributed by atoms with van der Waals surface area (Å²) >= 11 is 1.76. The number of carbonyl (C=O) groups is 1. The molecular weight excluding hydrogens is 248 g/mol. The van der Waals surface area contributed by atoms with Crippen LogP contribution in [-0.2, 0) is 9.53 Å². The lowest BCUT2D eigenvalue weighted by molar-refractivity contribution is -0.123. The normalized spacial score (nSPS) is 14.4. The highest BCUT2D eigenvalue weighted by molar-refractivity contribution is 7.99. The molecule has 1 aliphatic rings. The number of benzene rings is 1. The van der Waals surface area contributed by atoms with Gasteiger partial charge in [-0.1, -0.05) is 6.92 Å². The van der Waals surface area contributed by atoms with Gasteiger partial charge in [-0.05, 0) is 24.6 Å². The van der Waals surface area contributed by atoms with Gasteiger partial charge >= 0.3 is 0 Å². The number of fused-ring (bicyclic) bond motifs is 1. The molecule has 0 saturated carbocycles. The Morgan fingerprint density at radius 2 is 2.39 bits per heavy atom. The molecule has 0 fully saturated rings. The number of rotatable bonds is 4. The molecule has 4 nitrogen and oxygen atoms in total. The first-order chi connectivity index (χ1) is 8.72. The first-order valence-corrected chi connectivity index (χ1v) is 7.11. The number of nitrogens with zero attached hydrogens (tertiary/aromatic N) is 1. The van der Waals surface area contributed by atoms with Crippen LogP contribution in [0.4, 0.5) is 11.4 Å². The van der Waals surface area contributed by atoms with Gasteiger partial charge in [0.05, 0.1) is 5.69 Å². The molecule has 0 saturated heterocycles. The van der Waals surface area contributed by atoms with E-state index in [1.54, 1.807) is 16.7 Å². The maximum absolute atomic E-state index is 12.1. The Kier molecular flexibility index (Phi) is 4.49. The van der Waals surface area contributed by atoms with Crippen LogP contribution in [0.25, 0.3) is 0 Å². The molecule has 0 unspecified atom stereocenters. The Morgan fingerprint density at radius 3 is 3.17 bits per heavy atom. The maximum atomic E-state index is 12.1. The summed E-state index contributed by atoms with van der Waals surface area (Å²) < 4.78 is 5.31. The van der Waals surface area contributed by atoms with E-state index in [1.165, 1.54) is 0 Å². The van der Waals surface area contributed by atoms with Crippen molar-refractivity contribution in [2.45, 2.75) is 18.2 Å². The number of hydrogen-bond donors (Lipinski definition) is 1. The minimum Gasteiger partial charge on any atom is -0.399 e. The predicted octanol–water partition coefficient (Wildman–Crippen LogP) is 2.13. The summed E-state index contributed by atoms with van der Waals surface area (Å²) in [4.78, 5) is 15.0. The maximum Gasteiger partial charge on any atom is 0.253 e. The van der Waals surface area contributed by atoms with E-state index in [0.29, 0.717) is 12.3 Å². The van der Waals surface area contributed by atoms with Crippen molar-refractivity contribution in [2.24, 2.45) is 0 Å². The minimum absolute atomic E-state index is 0.00981. The molecule has 0 aliphatic carbocycles. The first-order valence-electron chi connectivity index (χ1n) is 6.13. The Balaban J connectivity index is 2.11. The zero-order chi connectivity index (χ0) is 13.0. The SMILES string of the molecule is CCCOCC(=O)N1CCSc2ccc(N)cc21. The van der Waals surface area contributed by atoms with Crippen LogP contribution in [0.15, 0.2) is 23.1 Å². The van der Waals surface area contributed by atoms with Crippen molar-refractivity contribution < 1.29 is 9.53 Å². The monoisotopic (exact) mass is 266 g/mol. The second-order valence-electron chi connectivity index (χ2n) is 4.17. The average molecular weight is 266 g/mol. The van der Waals surface area contributed by atoms with Gasteiger partial charge in [0.25, 0.3) is 5.91 Å². The lowest BCUT2D eigenvalue weighted by atomic mass is 10.2. The quantitative estimate of drug-likeness (QED) is 0.670. The number of amides is 1. The molecule has 0 atom stereocenters. The Labute approximate surface area is 111 Å². The summed E-state index contributed by atoms with van der Waals surface area (Å²) in [5.41, 5.74) is 7.38. The van der Waals surface area contributed by atoms with Crippen molar-refractivity contribution in [3.63, 3.8) is 0 Å². The third-order valence-electron chi connectivity index (χ3n) is 2.72. The van der Waals surface area contributed by atoms with Crippen molar-refractivity contribution >= 4 is 29.0 Å². The molecule has 2 N–H and O–H groups in total. The number of nitrogens with two attached hydrogens (primary N) is 1. The van der Waals surface area contributed by atoms with Crippen molar-refractivity contribution in [1.29, 1.82) is 0 Å². The van der Waals surface area contributed by atoms with E-state index in [-0.39, 0.29) is 12.5 Å². The van der Waals surface area contributed by atoms with E-state index in [0.717, 1.165) is 29.3 Å². The molecule has 18 heavy (non-hydrogen) atoms. The molecular formula is C13H18N2O2S. The van der Waals surface area contributed by atoms with Gasteiger partial charge < -0.3 is 15.4 Å². The lowest BCUT2D eigenvalue weighted by Gasteiger charge is -2.29. The smallest absolute Gasteiger partial charge is 0.253 e. The van der Waals surface area contributed by atoms with Crippen molar-refractivity contribution in [1.82, 2.24) is 0 Å². The van der Waals surface area contributed by atoms with Gasteiger partial charge in [-0.25, -0.2) is 0 Å². The number of thioether (sulfide) groups is 1. The Morgan fingerprint density at radius 1 is 1.56 bits per heavy atom. The highest BCUT2D eigenvalue weighted by Crippen LogP contribution is 2.35. The van der Waals surface area contributed by atoms with Gasteiger partial charge in [0, 0.05) is 29.5 Å². The van der Waals surface area contributed by atoms with E-state index >= 15 is 0 Å². The van der Waals surface area contributed by atoms with E-state index in [9.17, 15) is 4.79 Å². The summed E-state index contributed by atoms with van der Waals surface area (Å²) in [7, 11) is 0. The van der Waals surface area contributed by atoms with Crippen LogP contribution < -0.4 is 10.6 Å². The van der Waals surface area contributed by atoms with Gasteiger partial charge in [0.15, 0.2) is 0 Å². The highest BCUT2D eigenvalue weighted by atomic mass is 32.2. The molecule has 2 rings (SSSR count). The molecule has 1 aromatic carbocycles. The summed E-state index contributed by atoms with van der Waals surface area (Å²) in [6.45, 7) is 3.51. The zero-order valence-electron chi connectivity index (χ0n) is 10.5. The van der Waals surface area contributed by atoms with Gasteiger partial charge in [0.2, 0.25) is 0 Å². The van der Waals surface area contributed by atoms with Crippen molar-refractivity contribution in [2.75, 3.05) is 36.1 Å². The van der Waals surface area contributed by atoms with Gasteiger partial charge in [-0.15, -0.1) is 11.8 Å². The van der Waals surface area contributed by atoms with E-state index in [1.807, 2.05) is 25.1 Å². The van der Waals surface area contributed by atoms with Gasteiger partial charge in [-0.3, -0.25) is 4.79 Å². The summed E-state index contributed by atoms with van der Waals surface area (Å²) in [5, 5.41) is 0. The molecule has 1 heterocycles. The number of carbonyl (C=O) groups excluding carboxylic acids is 1. The van der Waals surface area contributed by atoms with Crippen LogP contribution >= 0.6 is 11.8 Å². The summed E-state index contributed by atoms with van der Waals surface area (Å²) in [6.07, 6.45) is 0.923. The van der Waals surface area contributed by atoms with Crippen LogP contribution in [0.2, 0.25) is 0 Å². The van der Waals surface area contributed by atoms with Crippen molar-refractivity contribution in [3.8, 4) is 0 Å². The molecule has 1 amide bonds. The molecule has 1 aromatic rings. The third-order valence-corrected chi connectivity index (χ3v) is 3.76. The third kappa shape index (κ3) is 2.97. The fraction of sp³-hybridized carbons (Fsp3) is 0.462. The molecule has 0 spiro atoms. The summed E-state index contributed by atoms with van der Waals surface area (Å²) in [6, 6.07) is 5.70. The van der Waals surface area contributed by atoms with Crippen LogP contribution in [0.1, 0.15) is 13.3 Å². The second kappa shape index (κ2) is 6.11. The average Bonchev–Trinajstić information content (AvgIpc) is 2.38. The topological polar surface area (TPSA) is 55.6 Å². The fourth-order valence-corrected chi connectivity index (χ4v) is 2.85. The van der Waals surface area contributed by atoms with E-state index < -0.39 is 0 Å². The largest absolute Gasteiger partial charge is 0.399 e.